The minimum absolute atomic E-state index is 0.0639. The number of benzene rings is 2. The lowest BCUT2D eigenvalue weighted by atomic mass is 10.1. The predicted molar refractivity (Wildman–Crippen MR) is 101 cm³/mol. The first-order chi connectivity index (χ1) is 12.9. The summed E-state index contributed by atoms with van der Waals surface area (Å²) >= 11 is 6.11. The fourth-order valence-electron chi connectivity index (χ4n) is 3.02. The van der Waals surface area contributed by atoms with Crippen molar-refractivity contribution in [1.29, 1.82) is 0 Å². The van der Waals surface area contributed by atoms with Gasteiger partial charge in [-0.1, -0.05) is 17.7 Å². The summed E-state index contributed by atoms with van der Waals surface area (Å²) in [5.41, 5.74) is 1.70. The summed E-state index contributed by atoms with van der Waals surface area (Å²) in [4.78, 5) is 16.3. The Kier molecular flexibility index (Phi) is 6.13. The highest BCUT2D eigenvalue weighted by Crippen LogP contribution is 2.30. The number of nitrogens with zero attached hydrogens (tertiary/aromatic N) is 1. The molecule has 1 amide bonds. The first-order valence-electron chi connectivity index (χ1n) is 8.64. The van der Waals surface area contributed by atoms with Crippen molar-refractivity contribution in [2.75, 3.05) is 43.4 Å². The minimum atomic E-state index is -2.94. The van der Waals surface area contributed by atoms with Crippen LogP contribution in [-0.4, -0.2) is 45.7 Å². The molecule has 0 aromatic heterocycles. The van der Waals surface area contributed by atoms with E-state index < -0.39 is 12.5 Å². The van der Waals surface area contributed by atoms with Crippen molar-refractivity contribution in [3.05, 3.63) is 53.1 Å². The number of piperazine rings is 1. The molecular weight excluding hydrogens is 376 g/mol. The highest BCUT2D eigenvalue weighted by Gasteiger charge is 2.21. The summed E-state index contributed by atoms with van der Waals surface area (Å²) in [6, 6.07) is 11.1. The van der Waals surface area contributed by atoms with Gasteiger partial charge in [-0.05, 0) is 36.4 Å². The zero-order valence-corrected chi connectivity index (χ0v) is 15.6. The fraction of sp³-hybridized carbons (Fsp3) is 0.316. The molecule has 0 bridgehead atoms. The van der Waals surface area contributed by atoms with Crippen LogP contribution in [0.5, 0.6) is 5.75 Å². The minimum Gasteiger partial charge on any atom is -0.435 e. The van der Waals surface area contributed by atoms with E-state index in [1.54, 1.807) is 12.1 Å². The van der Waals surface area contributed by atoms with Gasteiger partial charge in [0, 0.05) is 10.6 Å². The quantitative estimate of drug-likeness (QED) is 0.816. The summed E-state index contributed by atoms with van der Waals surface area (Å²) < 4.78 is 29.1. The molecule has 3 rings (SSSR count). The predicted octanol–water partition coefficient (Wildman–Crippen LogP) is 2.53. The maximum Gasteiger partial charge on any atom is 0.387 e. The van der Waals surface area contributed by atoms with Gasteiger partial charge in [0.15, 0.2) is 0 Å². The zero-order valence-electron chi connectivity index (χ0n) is 14.8. The van der Waals surface area contributed by atoms with Crippen LogP contribution in [0.15, 0.2) is 42.5 Å². The molecule has 0 radical (unpaired) electrons. The van der Waals surface area contributed by atoms with E-state index >= 15 is 0 Å². The van der Waals surface area contributed by atoms with Crippen molar-refractivity contribution in [2.45, 2.75) is 6.61 Å². The normalized spacial score (nSPS) is 15.1. The zero-order chi connectivity index (χ0) is 19.4. The number of anilines is 2. The number of quaternary nitrogens is 1. The van der Waals surface area contributed by atoms with E-state index in [9.17, 15) is 13.6 Å². The van der Waals surface area contributed by atoms with Gasteiger partial charge >= 0.3 is 6.61 Å². The molecule has 1 aliphatic rings. The van der Waals surface area contributed by atoms with Crippen molar-refractivity contribution in [3.63, 3.8) is 0 Å². The van der Waals surface area contributed by atoms with Crippen LogP contribution in [-0.2, 0) is 0 Å². The Morgan fingerprint density at radius 2 is 1.96 bits per heavy atom. The molecule has 2 aromatic rings. The van der Waals surface area contributed by atoms with Gasteiger partial charge < -0.3 is 19.9 Å². The van der Waals surface area contributed by atoms with Crippen LogP contribution in [0.1, 0.15) is 10.4 Å². The molecule has 1 saturated heterocycles. The van der Waals surface area contributed by atoms with Crippen molar-refractivity contribution in [2.24, 2.45) is 0 Å². The number of amides is 1. The molecule has 27 heavy (non-hydrogen) atoms. The third-order valence-corrected chi connectivity index (χ3v) is 4.72. The van der Waals surface area contributed by atoms with Crippen LogP contribution < -0.4 is 19.9 Å². The van der Waals surface area contributed by atoms with Crippen LogP contribution in [0.4, 0.5) is 20.2 Å². The molecule has 1 fully saturated rings. The van der Waals surface area contributed by atoms with Crippen molar-refractivity contribution < 1.29 is 23.2 Å². The van der Waals surface area contributed by atoms with Crippen molar-refractivity contribution in [3.8, 4) is 5.75 Å². The number of rotatable bonds is 5. The van der Waals surface area contributed by atoms with Gasteiger partial charge in [-0.2, -0.15) is 8.78 Å². The van der Waals surface area contributed by atoms with Gasteiger partial charge in [-0.25, -0.2) is 0 Å². The third-order valence-electron chi connectivity index (χ3n) is 4.49. The fourth-order valence-corrected chi connectivity index (χ4v) is 3.19. The highest BCUT2D eigenvalue weighted by molar-refractivity contribution is 6.31. The van der Waals surface area contributed by atoms with Crippen LogP contribution >= 0.6 is 11.6 Å². The number of ether oxygens (including phenoxy) is 1. The number of likely N-dealkylation sites (N-methyl/N-ethyl adjacent to an activating group) is 1. The van der Waals surface area contributed by atoms with E-state index in [0.29, 0.717) is 10.7 Å². The Morgan fingerprint density at radius 3 is 2.67 bits per heavy atom. The Labute approximate surface area is 161 Å². The average molecular weight is 397 g/mol. The van der Waals surface area contributed by atoms with E-state index in [4.69, 9.17) is 11.6 Å². The Hall–Kier alpha value is -2.38. The number of carbonyl (C=O) groups excluding carboxylic acids is 1. The van der Waals surface area contributed by atoms with Crippen LogP contribution in [0.25, 0.3) is 0 Å². The Balaban J connectivity index is 1.80. The summed E-state index contributed by atoms with van der Waals surface area (Å²) in [6.07, 6.45) is 0. The number of halogens is 3. The molecule has 8 heteroatoms. The lowest BCUT2D eigenvalue weighted by Crippen LogP contribution is -3.12. The summed E-state index contributed by atoms with van der Waals surface area (Å²) in [5.74, 6) is -0.482. The number of alkyl halides is 2. The van der Waals surface area contributed by atoms with Gasteiger partial charge in [-0.15, -0.1) is 0 Å². The highest BCUT2D eigenvalue weighted by atomic mass is 35.5. The van der Waals surface area contributed by atoms with Gasteiger partial charge in [0.1, 0.15) is 5.75 Å². The Morgan fingerprint density at radius 1 is 1.22 bits per heavy atom. The summed E-state index contributed by atoms with van der Waals surface area (Å²) in [5, 5.41) is 3.35. The molecule has 0 atom stereocenters. The molecule has 1 heterocycles. The van der Waals surface area contributed by atoms with Gasteiger partial charge in [-0.3, -0.25) is 4.79 Å². The molecule has 5 nitrogen and oxygen atoms in total. The lowest BCUT2D eigenvalue weighted by Gasteiger charge is -2.33. The molecule has 0 unspecified atom stereocenters. The number of nitrogens with one attached hydrogen (secondary N) is 2. The second-order valence-electron chi connectivity index (χ2n) is 6.47. The standard InChI is InChI=1S/C19H20ClF2N3O2/c1-24-7-9-25(10-8-24)17-6-5-14(20)12-16(17)23-18(26)13-3-2-4-15(11-13)27-19(21)22/h2-6,11-12,19H,7-10H2,1H3,(H,23,26)/p+1. The second-order valence-corrected chi connectivity index (χ2v) is 6.90. The maximum atomic E-state index is 12.6. The first-order valence-corrected chi connectivity index (χ1v) is 9.02. The molecule has 1 aliphatic heterocycles. The smallest absolute Gasteiger partial charge is 0.387 e. The van der Waals surface area contributed by atoms with Crippen LogP contribution in [0.2, 0.25) is 5.02 Å². The maximum absolute atomic E-state index is 12.6. The molecule has 2 aromatic carbocycles. The van der Waals surface area contributed by atoms with E-state index in [1.165, 1.54) is 29.2 Å². The van der Waals surface area contributed by atoms with E-state index in [-0.39, 0.29) is 11.3 Å². The summed E-state index contributed by atoms with van der Waals surface area (Å²) in [6.45, 7) is 0.802. The molecule has 0 aliphatic carbocycles. The largest absolute Gasteiger partial charge is 0.435 e. The molecular formula is C19H21ClF2N3O2+. The van der Waals surface area contributed by atoms with Gasteiger partial charge in [0.25, 0.3) is 5.91 Å². The van der Waals surface area contributed by atoms with E-state index in [1.807, 2.05) is 6.07 Å². The number of hydrogen-bond donors (Lipinski definition) is 2. The first kappa shape index (κ1) is 19.4. The third kappa shape index (κ3) is 5.08. The number of carbonyl (C=O) groups is 1. The van der Waals surface area contributed by atoms with Crippen LogP contribution in [0, 0.1) is 0 Å². The monoisotopic (exact) mass is 396 g/mol. The van der Waals surface area contributed by atoms with Gasteiger partial charge in [0.05, 0.1) is 44.6 Å². The topological polar surface area (TPSA) is 46.0 Å². The summed E-state index contributed by atoms with van der Waals surface area (Å²) in [7, 11) is 2.15. The average Bonchev–Trinajstić information content (AvgIpc) is 2.62. The Bertz CT molecular complexity index is 811. The molecule has 0 spiro atoms. The molecule has 2 N–H and O–H groups in total. The molecule has 144 valence electrons. The van der Waals surface area contributed by atoms with Gasteiger partial charge in [0.2, 0.25) is 0 Å². The van der Waals surface area contributed by atoms with Crippen molar-refractivity contribution >= 4 is 28.9 Å². The van der Waals surface area contributed by atoms with Crippen LogP contribution in [0.3, 0.4) is 0 Å². The van der Waals surface area contributed by atoms with E-state index in [0.717, 1.165) is 31.9 Å². The van der Waals surface area contributed by atoms with E-state index in [2.05, 4.69) is 22.0 Å². The van der Waals surface area contributed by atoms with Crippen molar-refractivity contribution in [1.82, 2.24) is 0 Å². The molecule has 0 saturated carbocycles. The SMILES string of the molecule is C[NH+]1CCN(c2ccc(Cl)cc2NC(=O)c2cccc(OC(F)F)c2)CC1. The lowest BCUT2D eigenvalue weighted by molar-refractivity contribution is -0.880. The second kappa shape index (κ2) is 8.54. The number of hydrogen-bond acceptors (Lipinski definition) is 3.